The second-order valence-corrected chi connectivity index (χ2v) is 0. The molecule has 9 heteroatoms. The predicted octanol–water partition coefficient (Wildman–Crippen LogP) is -5.35. The fraction of sp³-hybridized carbons (Fsp3) is 0. The maximum absolute atomic E-state index is 0. The van der Waals surface area contributed by atoms with Gasteiger partial charge in [0.2, 0.25) is 0 Å². The topological polar surface area (TPSA) is 220 Å². The Morgan fingerprint density at radius 1 is 0.333 bits per heavy atom. The summed E-state index contributed by atoms with van der Waals surface area (Å²) >= 11 is 0. The molecule has 1 radical (unpaired) electrons. The summed E-state index contributed by atoms with van der Waals surface area (Å²) in [5.74, 6) is 0. The van der Waals surface area contributed by atoms with Gasteiger partial charge in [0.25, 0.3) is 0 Å². The van der Waals surface area contributed by atoms with Gasteiger partial charge in [0.05, 0.1) is 0 Å². The van der Waals surface area contributed by atoms with Crippen molar-refractivity contribution in [2.75, 3.05) is 0 Å². The minimum absolute atomic E-state index is 0. The molecule has 0 aliphatic heterocycles. The summed E-state index contributed by atoms with van der Waals surface area (Å²) in [6.07, 6.45) is 0. The molecule has 0 spiro atoms. The van der Waals surface area contributed by atoms with Gasteiger partial charge >= 0.3 is 0 Å². The maximum atomic E-state index is 0. The molecule has 0 aromatic heterocycles. The van der Waals surface area contributed by atoms with E-state index in [1.807, 2.05) is 0 Å². The van der Waals surface area contributed by atoms with E-state index in [1.165, 1.54) is 0 Å². The second-order valence-electron chi connectivity index (χ2n) is 0. The van der Waals surface area contributed by atoms with Crippen LogP contribution in [0.4, 0.5) is 0 Å². The van der Waals surface area contributed by atoms with Gasteiger partial charge in [0.1, 0.15) is 0 Å². The van der Waals surface area contributed by atoms with Crippen LogP contribution in [-0.2, 0) is 16.8 Å². The molecule has 0 amide bonds. The van der Waals surface area contributed by atoms with Crippen LogP contribution in [-0.4, -0.2) is 38.3 Å². The quantitative estimate of drug-likeness (QED) is 0.373. The van der Waals surface area contributed by atoms with E-state index in [1.54, 1.807) is 0 Å². The normalized spacial score (nSPS) is 0. The zero-order chi connectivity index (χ0) is 0. The van der Waals surface area contributed by atoms with Crippen molar-refractivity contribution in [1.82, 2.24) is 0 Å². The second kappa shape index (κ2) is 1800. The van der Waals surface area contributed by atoms with E-state index >= 15 is 0 Å². The molecular formula is H15ClCoO7. The van der Waals surface area contributed by atoms with E-state index in [0.29, 0.717) is 0 Å². The Morgan fingerprint density at radius 2 is 0.333 bits per heavy atom. The molecule has 0 aliphatic rings. The summed E-state index contributed by atoms with van der Waals surface area (Å²) in [6.45, 7) is 0. The van der Waals surface area contributed by atoms with Gasteiger partial charge in [0, 0.05) is 16.8 Å². The number of rotatable bonds is 0. The molecule has 0 aromatic carbocycles. The first kappa shape index (κ1) is 2590. The van der Waals surface area contributed by atoms with E-state index in [-0.39, 0.29) is 67.5 Å². The van der Waals surface area contributed by atoms with E-state index in [0.717, 1.165) is 0 Å². The average molecular weight is 221 g/mol. The third-order valence-corrected chi connectivity index (χ3v) is 0. The van der Waals surface area contributed by atoms with Crippen molar-refractivity contribution in [1.29, 1.82) is 0 Å². The molecule has 7 nitrogen and oxygen atoms in total. The van der Waals surface area contributed by atoms with Gasteiger partial charge in [-0.05, 0) is 0 Å². The molecule has 0 aliphatic carbocycles. The van der Waals surface area contributed by atoms with Gasteiger partial charge in [-0.1, -0.05) is 0 Å². The number of halogens is 1. The van der Waals surface area contributed by atoms with Crippen molar-refractivity contribution in [3.8, 4) is 0 Å². The van der Waals surface area contributed by atoms with Gasteiger partial charge < -0.3 is 38.3 Å². The van der Waals surface area contributed by atoms with Gasteiger partial charge in [-0.3, -0.25) is 0 Å². The molecule has 0 saturated carbocycles. The van der Waals surface area contributed by atoms with Crippen molar-refractivity contribution in [3.63, 3.8) is 0 Å². The maximum Gasteiger partial charge on any atom is 0 e. The molecular weight excluding hydrogens is 206 g/mol. The van der Waals surface area contributed by atoms with Gasteiger partial charge in [-0.15, -0.1) is 12.4 Å². The third-order valence-electron chi connectivity index (χ3n) is 0. The summed E-state index contributed by atoms with van der Waals surface area (Å²) < 4.78 is 0. The van der Waals surface area contributed by atoms with Crippen molar-refractivity contribution in [2.24, 2.45) is 0 Å². The standard InChI is InChI=1S/ClH.Co.7H2O/h1H;;7*1H2. The summed E-state index contributed by atoms with van der Waals surface area (Å²) in [4.78, 5) is 0. The number of hydrogen-bond donors (Lipinski definition) is 0. The fourth-order valence-electron chi connectivity index (χ4n) is 0. The summed E-state index contributed by atoms with van der Waals surface area (Å²) in [6, 6.07) is 0. The van der Waals surface area contributed by atoms with Crippen molar-refractivity contribution in [2.45, 2.75) is 0 Å². The largest absolute Gasteiger partial charge is 0.412 e. The van der Waals surface area contributed by atoms with Crippen LogP contribution in [0.3, 0.4) is 0 Å². The molecule has 73 valence electrons. The molecule has 0 saturated heterocycles. The van der Waals surface area contributed by atoms with E-state index in [9.17, 15) is 0 Å². The fourth-order valence-corrected chi connectivity index (χ4v) is 0. The van der Waals surface area contributed by atoms with E-state index in [4.69, 9.17) is 0 Å². The van der Waals surface area contributed by atoms with Crippen molar-refractivity contribution < 1.29 is 55.1 Å². The Kier molecular flexibility index (Phi) is 519000. The van der Waals surface area contributed by atoms with Crippen LogP contribution >= 0.6 is 12.4 Å². The van der Waals surface area contributed by atoms with Crippen LogP contribution < -0.4 is 0 Å². The minimum atomic E-state index is 0. The Hall–Kier alpha value is 0.516. The third kappa shape index (κ3) is 1360. The average Bonchev–Trinajstić information content (AvgIpc) is 0. The molecule has 0 bridgehead atoms. The van der Waals surface area contributed by atoms with Crippen molar-refractivity contribution >= 4 is 12.4 Å². The molecule has 0 aromatic rings. The van der Waals surface area contributed by atoms with Crippen LogP contribution in [0.15, 0.2) is 0 Å². The molecule has 0 atom stereocenters. The van der Waals surface area contributed by atoms with Crippen molar-refractivity contribution in [3.05, 3.63) is 0 Å². The zero-order valence-corrected chi connectivity index (χ0v) is 6.10. The smallest absolute Gasteiger partial charge is 0 e. The Bertz CT molecular complexity index is 8.88. The first-order valence-corrected chi connectivity index (χ1v) is 0. The first-order valence-electron chi connectivity index (χ1n) is 0. The SMILES string of the molecule is Cl.O.O.O.O.O.O.O.[Co]. The Morgan fingerprint density at radius 3 is 0.333 bits per heavy atom. The minimum Gasteiger partial charge on any atom is -0.412 e. The van der Waals surface area contributed by atoms with Gasteiger partial charge in [0.15, 0.2) is 0 Å². The summed E-state index contributed by atoms with van der Waals surface area (Å²) in [7, 11) is 0. The molecule has 0 rings (SSSR count). The van der Waals surface area contributed by atoms with Crippen LogP contribution in [0, 0.1) is 0 Å². The Labute approximate surface area is 68.2 Å². The molecule has 0 fully saturated rings. The van der Waals surface area contributed by atoms with E-state index in [2.05, 4.69) is 0 Å². The van der Waals surface area contributed by atoms with Crippen LogP contribution in [0.1, 0.15) is 0 Å². The summed E-state index contributed by atoms with van der Waals surface area (Å²) in [5.41, 5.74) is 0. The predicted molar refractivity (Wildman–Crippen MR) is 32.5 cm³/mol. The zero-order valence-electron chi connectivity index (χ0n) is 4.24. The molecule has 0 heterocycles. The molecule has 9 heavy (non-hydrogen) atoms. The number of hydrogen-bond acceptors (Lipinski definition) is 0. The van der Waals surface area contributed by atoms with Crippen LogP contribution in [0.2, 0.25) is 0 Å². The van der Waals surface area contributed by atoms with Crippen LogP contribution in [0.25, 0.3) is 0 Å². The molecule has 0 unspecified atom stereocenters. The monoisotopic (exact) mass is 221 g/mol. The van der Waals surface area contributed by atoms with E-state index < -0.39 is 0 Å². The van der Waals surface area contributed by atoms with Gasteiger partial charge in [-0.2, -0.15) is 0 Å². The first-order chi connectivity index (χ1) is 0. The van der Waals surface area contributed by atoms with Gasteiger partial charge in [-0.25, -0.2) is 0 Å². The van der Waals surface area contributed by atoms with Crippen LogP contribution in [0.5, 0.6) is 0 Å². The molecule has 14 N–H and O–H groups in total. The Balaban J connectivity index is 0. The summed E-state index contributed by atoms with van der Waals surface area (Å²) in [5, 5.41) is 0.